The lowest BCUT2D eigenvalue weighted by molar-refractivity contribution is -0.143. The average Bonchev–Trinajstić information content (AvgIpc) is 2.55. The van der Waals surface area contributed by atoms with Gasteiger partial charge in [-0.05, 0) is 17.5 Å². The first-order valence-electron chi connectivity index (χ1n) is 6.89. The van der Waals surface area contributed by atoms with Crippen LogP contribution in [0.15, 0.2) is 36.7 Å². The summed E-state index contributed by atoms with van der Waals surface area (Å²) in [5.74, 6) is -1.09. The summed E-state index contributed by atoms with van der Waals surface area (Å²) in [6.45, 7) is 2.56. The van der Waals surface area contributed by atoms with Crippen molar-refractivity contribution in [3.05, 3.63) is 36.7 Å². The maximum absolute atomic E-state index is 12.1. The molecule has 0 saturated carbocycles. The van der Waals surface area contributed by atoms with Crippen LogP contribution in [0.3, 0.4) is 0 Å². The highest BCUT2D eigenvalue weighted by atomic mass is 16.2. The second-order valence-electron chi connectivity index (χ2n) is 4.90. The van der Waals surface area contributed by atoms with Crippen molar-refractivity contribution in [1.82, 2.24) is 15.2 Å². The smallest absolute Gasteiger partial charge is 0.313 e. The molecule has 0 atom stereocenters. The molecule has 2 heterocycles. The largest absolute Gasteiger partial charge is 0.332 e. The van der Waals surface area contributed by atoms with E-state index in [1.54, 1.807) is 23.4 Å². The Kier molecular flexibility index (Phi) is 3.79. The number of carbonyl (C=O) groups excluding carboxylic acids is 2. The number of benzene rings is 1. The number of rotatable bonds is 1. The second kappa shape index (κ2) is 5.88. The number of hydrogen-bond donors (Lipinski definition) is 2. The zero-order valence-corrected chi connectivity index (χ0v) is 11.5. The van der Waals surface area contributed by atoms with Crippen LogP contribution in [-0.2, 0) is 9.59 Å². The number of fused-ring (bicyclic) bond motifs is 1. The highest BCUT2D eigenvalue weighted by Gasteiger charge is 2.23. The molecule has 2 aromatic rings. The van der Waals surface area contributed by atoms with Crippen LogP contribution in [0.5, 0.6) is 0 Å². The van der Waals surface area contributed by atoms with Gasteiger partial charge in [-0.25, -0.2) is 0 Å². The Bertz CT molecular complexity index is 675. The molecule has 108 valence electrons. The molecule has 1 aromatic carbocycles. The van der Waals surface area contributed by atoms with Crippen LogP contribution in [0.25, 0.3) is 10.8 Å². The van der Waals surface area contributed by atoms with Crippen LogP contribution >= 0.6 is 0 Å². The van der Waals surface area contributed by atoms with Crippen LogP contribution in [0, 0.1) is 0 Å². The molecule has 3 rings (SSSR count). The Morgan fingerprint density at radius 2 is 2.00 bits per heavy atom. The number of nitrogens with one attached hydrogen (secondary N) is 2. The summed E-state index contributed by atoms with van der Waals surface area (Å²) < 4.78 is 0. The van der Waals surface area contributed by atoms with E-state index >= 15 is 0 Å². The summed E-state index contributed by atoms with van der Waals surface area (Å²) in [4.78, 5) is 29.8. The minimum Gasteiger partial charge on any atom is -0.332 e. The topological polar surface area (TPSA) is 74.3 Å². The number of amides is 2. The minimum atomic E-state index is -0.603. The third-order valence-electron chi connectivity index (χ3n) is 3.53. The monoisotopic (exact) mass is 284 g/mol. The Hall–Kier alpha value is -2.47. The molecular formula is C15H16N4O2. The fourth-order valence-corrected chi connectivity index (χ4v) is 2.41. The number of hydrogen-bond acceptors (Lipinski definition) is 4. The van der Waals surface area contributed by atoms with E-state index in [1.165, 1.54) is 0 Å². The van der Waals surface area contributed by atoms with Crippen molar-refractivity contribution in [2.24, 2.45) is 0 Å². The molecule has 0 spiro atoms. The molecule has 1 aliphatic heterocycles. The third kappa shape index (κ3) is 2.85. The zero-order valence-electron chi connectivity index (χ0n) is 11.5. The maximum Gasteiger partial charge on any atom is 0.313 e. The fraction of sp³-hybridized carbons (Fsp3) is 0.267. The Balaban J connectivity index is 1.78. The summed E-state index contributed by atoms with van der Waals surface area (Å²) in [6.07, 6.45) is 3.38. The standard InChI is InChI=1S/C15H16N4O2/c20-14(15(21)19-8-6-16-7-9-19)18-13-3-1-2-11-4-5-17-10-12(11)13/h1-5,10,16H,6-9H2,(H,18,20). The van der Waals surface area contributed by atoms with Gasteiger partial charge in [0.15, 0.2) is 0 Å². The maximum atomic E-state index is 12.1. The van der Waals surface area contributed by atoms with Crippen LogP contribution in [0.1, 0.15) is 0 Å². The molecule has 2 N–H and O–H groups in total. The molecule has 1 fully saturated rings. The summed E-state index contributed by atoms with van der Waals surface area (Å²) in [7, 11) is 0. The lowest BCUT2D eigenvalue weighted by atomic mass is 10.1. The number of aromatic nitrogens is 1. The number of pyridine rings is 1. The van der Waals surface area contributed by atoms with Gasteiger partial charge in [0.2, 0.25) is 0 Å². The van der Waals surface area contributed by atoms with Gasteiger partial charge in [-0.2, -0.15) is 0 Å². The van der Waals surface area contributed by atoms with Gasteiger partial charge in [-0.1, -0.05) is 12.1 Å². The van der Waals surface area contributed by atoms with Gasteiger partial charge in [-0.3, -0.25) is 14.6 Å². The van der Waals surface area contributed by atoms with E-state index in [2.05, 4.69) is 15.6 Å². The van der Waals surface area contributed by atoms with Crippen molar-refractivity contribution in [1.29, 1.82) is 0 Å². The molecule has 0 radical (unpaired) electrons. The zero-order chi connectivity index (χ0) is 14.7. The molecule has 6 heteroatoms. The second-order valence-corrected chi connectivity index (χ2v) is 4.90. The van der Waals surface area contributed by atoms with Crippen molar-refractivity contribution in [3.8, 4) is 0 Å². The summed E-state index contributed by atoms with van der Waals surface area (Å²) in [6, 6.07) is 7.41. The average molecular weight is 284 g/mol. The fourth-order valence-electron chi connectivity index (χ4n) is 2.41. The van der Waals surface area contributed by atoms with Crippen molar-refractivity contribution in [3.63, 3.8) is 0 Å². The van der Waals surface area contributed by atoms with E-state index in [0.717, 1.165) is 23.9 Å². The quantitative estimate of drug-likeness (QED) is 0.752. The molecule has 1 aromatic heterocycles. The first-order chi connectivity index (χ1) is 10.3. The highest BCUT2D eigenvalue weighted by Crippen LogP contribution is 2.21. The number of nitrogens with zero attached hydrogens (tertiary/aromatic N) is 2. The van der Waals surface area contributed by atoms with Crippen LogP contribution in [0.2, 0.25) is 0 Å². The van der Waals surface area contributed by atoms with Gasteiger partial charge in [0.1, 0.15) is 0 Å². The molecule has 1 aliphatic rings. The summed E-state index contributed by atoms with van der Waals surface area (Å²) in [5.41, 5.74) is 0.606. The molecule has 1 saturated heterocycles. The summed E-state index contributed by atoms with van der Waals surface area (Å²) >= 11 is 0. The Morgan fingerprint density at radius 3 is 2.81 bits per heavy atom. The summed E-state index contributed by atoms with van der Waals surface area (Å²) in [5, 5.41) is 7.63. The molecule has 0 bridgehead atoms. The number of piperazine rings is 1. The first kappa shape index (κ1) is 13.5. The normalized spacial score (nSPS) is 15.0. The van der Waals surface area contributed by atoms with E-state index in [4.69, 9.17) is 0 Å². The Morgan fingerprint density at radius 1 is 1.19 bits per heavy atom. The van der Waals surface area contributed by atoms with E-state index in [9.17, 15) is 9.59 Å². The van der Waals surface area contributed by atoms with Crippen molar-refractivity contribution < 1.29 is 9.59 Å². The van der Waals surface area contributed by atoms with E-state index in [0.29, 0.717) is 18.8 Å². The lowest BCUT2D eigenvalue weighted by Crippen LogP contribution is -2.49. The van der Waals surface area contributed by atoms with Gasteiger partial charge in [0.25, 0.3) is 0 Å². The van der Waals surface area contributed by atoms with E-state index in [-0.39, 0.29) is 0 Å². The van der Waals surface area contributed by atoms with E-state index in [1.807, 2.05) is 18.2 Å². The van der Waals surface area contributed by atoms with Crippen LogP contribution < -0.4 is 10.6 Å². The van der Waals surface area contributed by atoms with Crippen LogP contribution in [0.4, 0.5) is 5.69 Å². The molecule has 0 unspecified atom stereocenters. The molecule has 21 heavy (non-hydrogen) atoms. The van der Waals surface area contributed by atoms with Crippen molar-refractivity contribution >= 4 is 28.3 Å². The van der Waals surface area contributed by atoms with Crippen molar-refractivity contribution in [2.45, 2.75) is 0 Å². The molecular weight excluding hydrogens is 268 g/mol. The number of anilines is 1. The highest BCUT2D eigenvalue weighted by molar-refractivity contribution is 6.40. The minimum absolute atomic E-state index is 0.489. The third-order valence-corrected chi connectivity index (χ3v) is 3.53. The first-order valence-corrected chi connectivity index (χ1v) is 6.89. The van der Waals surface area contributed by atoms with Crippen LogP contribution in [-0.4, -0.2) is 47.9 Å². The Labute approximate surface area is 122 Å². The molecule has 2 amide bonds. The number of carbonyl (C=O) groups is 2. The predicted molar refractivity (Wildman–Crippen MR) is 79.8 cm³/mol. The van der Waals surface area contributed by atoms with Crippen molar-refractivity contribution in [2.75, 3.05) is 31.5 Å². The van der Waals surface area contributed by atoms with Gasteiger partial charge in [0, 0.05) is 44.0 Å². The SMILES string of the molecule is O=C(Nc1cccc2ccncc12)C(=O)N1CCNCC1. The van der Waals surface area contributed by atoms with Gasteiger partial charge in [0.05, 0.1) is 5.69 Å². The van der Waals surface area contributed by atoms with Gasteiger partial charge >= 0.3 is 11.8 Å². The van der Waals surface area contributed by atoms with Gasteiger partial charge in [-0.15, -0.1) is 0 Å². The van der Waals surface area contributed by atoms with Gasteiger partial charge < -0.3 is 15.5 Å². The molecule has 6 nitrogen and oxygen atoms in total. The van der Waals surface area contributed by atoms with E-state index < -0.39 is 11.8 Å². The lowest BCUT2D eigenvalue weighted by Gasteiger charge is -2.26. The predicted octanol–water partition coefficient (Wildman–Crippen LogP) is 0.605. The molecule has 0 aliphatic carbocycles.